The molecule has 0 atom stereocenters. The largest absolute Gasteiger partial charge is 0.430 e. The fourth-order valence-electron chi connectivity index (χ4n) is 6.57. The van der Waals surface area contributed by atoms with Crippen LogP contribution >= 0.6 is 45.5 Å². The van der Waals surface area contributed by atoms with Gasteiger partial charge < -0.3 is 0 Å². The first kappa shape index (κ1) is 48.1. The molecule has 20 heteroatoms. The lowest BCUT2D eigenvalue weighted by Crippen LogP contribution is -2.71. The number of hydrogen-bond acceptors (Lipinski definition) is 10. The Balaban J connectivity index is 1.46. The number of hydrogen-bond donors (Lipinski definition) is 0. The standard InChI is InChI=1S/C45H33F6NO7S6/c1-28(53)31-4-10-34(11-5-31)60-37-16-22-40(23-17-37)63(52-64(56,57)44(48,49)43(46,47)45(50,51)65(52,58)59,41-24-18-38(19-25-41)61-35-12-6-32(7-13-35)29(2)54)42-26-20-39(21-27-42)62-36-14-8-33(9-15-36)30(3)55/h4-27H,1-3H3. The van der Waals surface area contributed by atoms with E-state index in [2.05, 4.69) is 0 Å². The molecule has 6 aromatic carbocycles. The van der Waals surface area contributed by atoms with E-state index in [0.29, 0.717) is 46.1 Å². The van der Waals surface area contributed by atoms with Crippen molar-refractivity contribution in [2.45, 2.75) is 81.3 Å². The normalized spacial score (nSPS) is 17.5. The van der Waals surface area contributed by atoms with Crippen molar-refractivity contribution in [1.29, 1.82) is 0 Å². The van der Waals surface area contributed by atoms with Gasteiger partial charge in [0.05, 0.1) is 0 Å². The summed E-state index contributed by atoms with van der Waals surface area (Å²) in [5, 5.41) is -13.3. The van der Waals surface area contributed by atoms with Crippen molar-refractivity contribution in [2.24, 2.45) is 0 Å². The summed E-state index contributed by atoms with van der Waals surface area (Å²) in [6.45, 7) is 4.15. The van der Waals surface area contributed by atoms with Crippen molar-refractivity contribution < 1.29 is 57.6 Å². The first-order valence-corrected chi connectivity index (χ1v) is 25.8. The zero-order valence-electron chi connectivity index (χ0n) is 33.9. The number of carbonyl (C=O) groups excluding carboxylic acids is 3. The van der Waals surface area contributed by atoms with Crippen LogP contribution in [-0.2, 0) is 20.0 Å². The second kappa shape index (κ2) is 17.8. The minimum atomic E-state index is -7.28. The smallest absolute Gasteiger partial charge is 0.295 e. The number of nitrogens with zero attached hydrogens (tertiary/aromatic N) is 1. The first-order valence-electron chi connectivity index (χ1n) is 18.9. The van der Waals surface area contributed by atoms with E-state index in [9.17, 15) is 31.2 Å². The summed E-state index contributed by atoms with van der Waals surface area (Å²) < 4.78 is 150. The molecule has 0 bridgehead atoms. The summed E-state index contributed by atoms with van der Waals surface area (Å²) in [6, 6.07) is 34.4. The van der Waals surface area contributed by atoms with Crippen molar-refractivity contribution in [3.8, 4) is 0 Å². The molecule has 0 unspecified atom stereocenters. The summed E-state index contributed by atoms with van der Waals surface area (Å²) in [7, 11) is -19.3. The Morgan fingerprint density at radius 3 is 0.800 bits per heavy atom. The van der Waals surface area contributed by atoms with Gasteiger partial charge >= 0.3 is 36.5 Å². The third-order valence-corrected chi connectivity index (χ3v) is 22.6. The topological polar surface area (TPSA) is 123 Å². The maximum Gasteiger partial charge on any atom is 0.430 e. The summed E-state index contributed by atoms with van der Waals surface area (Å²) in [5.41, 5.74) is 1.27. The van der Waals surface area contributed by atoms with E-state index >= 15 is 26.3 Å². The molecule has 0 saturated carbocycles. The van der Waals surface area contributed by atoms with Gasteiger partial charge in [0.15, 0.2) is 17.3 Å². The highest BCUT2D eigenvalue weighted by molar-refractivity contribution is 8.41. The van der Waals surface area contributed by atoms with E-state index in [-0.39, 0.29) is 17.3 Å². The van der Waals surface area contributed by atoms with Crippen molar-refractivity contribution in [3.63, 3.8) is 0 Å². The Labute approximate surface area is 384 Å². The maximum absolute atomic E-state index is 15.9. The van der Waals surface area contributed by atoms with E-state index in [4.69, 9.17) is 0 Å². The molecule has 1 aliphatic heterocycles. The van der Waals surface area contributed by atoms with Gasteiger partial charge in [-0.2, -0.15) is 26.3 Å². The third-order valence-electron chi connectivity index (χ3n) is 9.98. The van der Waals surface area contributed by atoms with E-state index < -0.39 is 64.5 Å². The van der Waals surface area contributed by atoms with Crippen molar-refractivity contribution in [1.82, 2.24) is 3.12 Å². The van der Waals surface area contributed by atoms with Gasteiger partial charge in [0, 0.05) is 60.7 Å². The van der Waals surface area contributed by atoms with Crippen LogP contribution in [0.3, 0.4) is 0 Å². The van der Waals surface area contributed by atoms with Crippen LogP contribution in [0.25, 0.3) is 0 Å². The molecular formula is C45H33F6NO7S6. The molecule has 0 spiro atoms. The Morgan fingerprint density at radius 2 is 0.600 bits per heavy atom. The highest BCUT2D eigenvalue weighted by atomic mass is 32.4. The Kier molecular flexibility index (Phi) is 13.1. The van der Waals surface area contributed by atoms with Gasteiger partial charge in [-0.05, 0) is 133 Å². The minimum Gasteiger partial charge on any atom is -0.295 e. The van der Waals surface area contributed by atoms with Crippen molar-refractivity contribution >= 4 is 82.9 Å². The Hall–Kier alpha value is -4.83. The third kappa shape index (κ3) is 8.46. The van der Waals surface area contributed by atoms with Gasteiger partial charge in [0.1, 0.15) is 0 Å². The van der Waals surface area contributed by atoms with Crippen LogP contribution in [0, 0.1) is 0 Å². The zero-order chi connectivity index (χ0) is 47.3. The predicted octanol–water partition coefficient (Wildman–Crippen LogP) is 12.7. The Morgan fingerprint density at radius 1 is 0.400 bits per heavy atom. The predicted molar refractivity (Wildman–Crippen MR) is 238 cm³/mol. The van der Waals surface area contributed by atoms with Crippen LogP contribution in [0.5, 0.6) is 0 Å². The molecule has 0 amide bonds. The second-order valence-electron chi connectivity index (χ2n) is 14.3. The average molecular weight is 1010 g/mol. The van der Waals surface area contributed by atoms with Crippen LogP contribution in [0.4, 0.5) is 26.3 Å². The quantitative estimate of drug-likeness (QED) is 0.0816. The number of carbonyl (C=O) groups is 3. The summed E-state index contributed by atoms with van der Waals surface area (Å²) in [5.74, 6) is -7.47. The average Bonchev–Trinajstić information content (AvgIpc) is 3.26. The van der Waals surface area contributed by atoms with E-state index in [1.807, 2.05) is 0 Å². The van der Waals surface area contributed by atoms with Gasteiger partial charge in [0.2, 0.25) is 0 Å². The summed E-state index contributed by atoms with van der Waals surface area (Å²) in [6.07, 6.45) is 0. The minimum absolute atomic E-state index is 0.188. The summed E-state index contributed by atoms with van der Waals surface area (Å²) >= 11 is 3.39. The monoisotopic (exact) mass is 1010 g/mol. The van der Waals surface area contributed by atoms with Gasteiger partial charge in [-0.25, -0.2) is 16.8 Å². The first-order chi connectivity index (χ1) is 30.4. The molecule has 0 N–H and O–H groups in total. The van der Waals surface area contributed by atoms with Crippen LogP contribution in [0.2, 0.25) is 0 Å². The highest BCUT2D eigenvalue weighted by Gasteiger charge is 2.90. The summed E-state index contributed by atoms with van der Waals surface area (Å²) in [4.78, 5) is 37.3. The second-order valence-corrected chi connectivity index (χ2v) is 25.1. The maximum atomic E-state index is 15.9. The number of ketones is 3. The highest BCUT2D eigenvalue weighted by Crippen LogP contribution is 2.76. The number of sulfonamides is 2. The molecular weight excluding hydrogens is 973 g/mol. The molecule has 1 heterocycles. The van der Waals surface area contributed by atoms with Crippen molar-refractivity contribution in [3.05, 3.63) is 162 Å². The van der Waals surface area contributed by atoms with Crippen LogP contribution < -0.4 is 0 Å². The number of alkyl halides is 6. The van der Waals surface area contributed by atoms with Crippen molar-refractivity contribution in [2.75, 3.05) is 0 Å². The molecule has 1 aliphatic rings. The lowest BCUT2D eigenvalue weighted by molar-refractivity contribution is -0.248. The molecule has 1 fully saturated rings. The van der Waals surface area contributed by atoms with Gasteiger partial charge in [-0.15, -0.1) is 0 Å². The zero-order valence-corrected chi connectivity index (χ0v) is 38.8. The number of rotatable bonds is 13. The molecule has 6 aromatic rings. The molecule has 7 rings (SSSR count). The SMILES string of the molecule is CC(=O)c1ccc(Sc2ccc(S(c3ccc(Sc4ccc(C(C)=O)cc4)cc3)(c3ccc(Sc4ccc(C(C)=O)cc4)cc3)N3S(=O)(=O)C(F)(F)C(F)(F)C(F)(F)S3(=O)=O)cc2)cc1. The lowest BCUT2D eigenvalue weighted by Gasteiger charge is -2.52. The number of Topliss-reactive ketones (excluding diaryl/α,β-unsaturated/α-hetero) is 3. The lowest BCUT2D eigenvalue weighted by atomic mass is 10.2. The fraction of sp³-hybridized carbons (Fsp3) is 0.133. The van der Waals surface area contributed by atoms with E-state index in [1.165, 1.54) is 57.2 Å². The van der Waals surface area contributed by atoms with Gasteiger partial charge in [-0.1, -0.05) is 81.9 Å². The van der Waals surface area contributed by atoms with Crippen LogP contribution in [0.15, 0.2) is 190 Å². The van der Waals surface area contributed by atoms with Gasteiger partial charge in [-0.3, -0.25) is 14.4 Å². The molecule has 1 saturated heterocycles. The molecule has 338 valence electrons. The van der Waals surface area contributed by atoms with Crippen LogP contribution in [0.1, 0.15) is 51.8 Å². The molecule has 0 aliphatic carbocycles. The molecule has 8 nitrogen and oxygen atoms in total. The number of benzene rings is 6. The van der Waals surface area contributed by atoms with E-state index in [0.717, 1.165) is 71.7 Å². The van der Waals surface area contributed by atoms with Gasteiger partial charge in [0.25, 0.3) is 0 Å². The molecule has 0 radical (unpaired) electrons. The Bertz CT molecular complexity index is 2730. The fourth-order valence-corrected chi connectivity index (χ4v) is 19.3. The van der Waals surface area contributed by atoms with E-state index in [1.54, 1.807) is 72.8 Å². The molecule has 65 heavy (non-hydrogen) atoms. The molecule has 0 aromatic heterocycles. The number of halogens is 6. The van der Waals surface area contributed by atoms with Crippen LogP contribution in [-0.4, -0.2) is 53.7 Å².